The summed E-state index contributed by atoms with van der Waals surface area (Å²) in [4.78, 5) is 41.2. The Labute approximate surface area is 148 Å². The number of amides is 1. The summed E-state index contributed by atoms with van der Waals surface area (Å²) >= 11 is 0. The molecule has 3 rings (SSSR count). The number of aromatic nitrogens is 2. The van der Waals surface area contributed by atoms with Crippen molar-refractivity contribution in [2.24, 2.45) is 17.8 Å². The molecule has 4 atom stereocenters. The Hall–Kier alpha value is -1.98. The third-order valence-electron chi connectivity index (χ3n) is 5.92. The second-order valence-corrected chi connectivity index (χ2v) is 7.74. The molecule has 2 heterocycles. The van der Waals surface area contributed by atoms with Gasteiger partial charge < -0.3 is 9.47 Å². The van der Waals surface area contributed by atoms with E-state index in [1.807, 2.05) is 10.8 Å². The number of carbonyl (C=O) groups is 3. The maximum atomic E-state index is 12.0. The van der Waals surface area contributed by atoms with E-state index in [1.165, 1.54) is 6.92 Å². The smallest absolute Gasteiger partial charge is 0.220 e. The Bertz CT molecular complexity index is 681. The normalized spacial score (nSPS) is 29.2. The van der Waals surface area contributed by atoms with Gasteiger partial charge in [0, 0.05) is 33.1 Å². The van der Waals surface area contributed by atoms with Gasteiger partial charge in [0.25, 0.3) is 0 Å². The highest BCUT2D eigenvalue weighted by Gasteiger charge is 2.41. The van der Waals surface area contributed by atoms with Crippen LogP contribution in [0.1, 0.15) is 56.9 Å². The molecular weight excluding hydrogens is 318 g/mol. The highest BCUT2D eigenvalue weighted by atomic mass is 16.2. The van der Waals surface area contributed by atoms with Gasteiger partial charge in [0.15, 0.2) is 11.6 Å². The van der Waals surface area contributed by atoms with Crippen LogP contribution in [-0.4, -0.2) is 44.5 Å². The van der Waals surface area contributed by atoms with Crippen molar-refractivity contribution in [3.8, 4) is 0 Å². The number of rotatable bonds is 4. The zero-order chi connectivity index (χ0) is 18.1. The first kappa shape index (κ1) is 17.8. The molecule has 1 aromatic heterocycles. The molecule has 0 spiro atoms. The lowest BCUT2D eigenvalue weighted by Gasteiger charge is -2.46. The number of hydrogen-bond donors (Lipinski definition) is 0. The number of imidazole rings is 1. The minimum absolute atomic E-state index is 0.0101. The molecule has 0 radical (unpaired) electrons. The van der Waals surface area contributed by atoms with Gasteiger partial charge in [-0.3, -0.25) is 14.4 Å². The zero-order valence-electron chi connectivity index (χ0n) is 15.3. The summed E-state index contributed by atoms with van der Waals surface area (Å²) in [6.07, 6.45) is 7.64. The van der Waals surface area contributed by atoms with Crippen molar-refractivity contribution in [3.63, 3.8) is 0 Å². The average Bonchev–Trinajstić information content (AvgIpc) is 3.02. The predicted octanol–water partition coefficient (Wildman–Crippen LogP) is 2.33. The molecule has 2 fully saturated rings. The van der Waals surface area contributed by atoms with Crippen molar-refractivity contribution < 1.29 is 14.4 Å². The molecule has 1 aromatic rings. The van der Waals surface area contributed by atoms with Gasteiger partial charge in [-0.25, -0.2) is 4.98 Å². The molecule has 1 aliphatic heterocycles. The quantitative estimate of drug-likeness (QED) is 0.785. The SMILES string of the molecule is CC(=O)c1cn(C[C@H]2CC[C@H]3CN(C(C)=O)[C@H](C(C)=O)C[C@H]3C2)cn1. The Kier molecular flexibility index (Phi) is 5.06. The maximum absolute atomic E-state index is 12.0. The summed E-state index contributed by atoms with van der Waals surface area (Å²) in [6.45, 7) is 6.27. The summed E-state index contributed by atoms with van der Waals surface area (Å²) in [5.41, 5.74) is 0.514. The Balaban J connectivity index is 1.65. The topological polar surface area (TPSA) is 72.3 Å². The van der Waals surface area contributed by atoms with Gasteiger partial charge in [-0.05, 0) is 50.4 Å². The summed E-state index contributed by atoms with van der Waals surface area (Å²) in [6, 6.07) is -0.255. The summed E-state index contributed by atoms with van der Waals surface area (Å²) in [5, 5.41) is 0. The van der Waals surface area contributed by atoms with Crippen LogP contribution < -0.4 is 0 Å². The van der Waals surface area contributed by atoms with Crippen LogP contribution in [0.4, 0.5) is 0 Å². The number of fused-ring (bicyclic) bond motifs is 1. The molecule has 0 aromatic carbocycles. The van der Waals surface area contributed by atoms with Gasteiger partial charge >= 0.3 is 0 Å². The second-order valence-electron chi connectivity index (χ2n) is 7.74. The second kappa shape index (κ2) is 7.10. The maximum Gasteiger partial charge on any atom is 0.220 e. The highest BCUT2D eigenvalue weighted by molar-refractivity contribution is 5.91. The first-order valence-electron chi connectivity index (χ1n) is 9.15. The minimum Gasteiger partial charge on any atom is -0.336 e. The van der Waals surface area contributed by atoms with Gasteiger partial charge in [0.1, 0.15) is 5.69 Å². The number of hydrogen-bond acceptors (Lipinski definition) is 4. The van der Waals surface area contributed by atoms with Crippen LogP contribution in [0, 0.1) is 17.8 Å². The van der Waals surface area contributed by atoms with E-state index in [4.69, 9.17) is 0 Å². The minimum atomic E-state index is -0.255. The van der Waals surface area contributed by atoms with Crippen molar-refractivity contribution in [1.29, 1.82) is 0 Å². The fourth-order valence-corrected chi connectivity index (χ4v) is 4.59. The molecule has 0 N–H and O–H groups in total. The van der Waals surface area contributed by atoms with Gasteiger partial charge in [0.05, 0.1) is 12.4 Å². The van der Waals surface area contributed by atoms with E-state index in [9.17, 15) is 14.4 Å². The van der Waals surface area contributed by atoms with Crippen LogP contribution >= 0.6 is 0 Å². The monoisotopic (exact) mass is 345 g/mol. The van der Waals surface area contributed by atoms with E-state index in [-0.39, 0.29) is 23.5 Å². The standard InChI is InChI=1S/C19H27N3O3/c1-12(23)18-10-21(11-20-18)8-15-4-5-16-9-22(14(3)25)19(13(2)24)7-17(16)6-15/h10-11,15-17,19H,4-9H2,1-3H3/t15-,16-,17+,19-/m0/s1. The first-order chi connectivity index (χ1) is 11.8. The number of piperidine rings is 1. The summed E-state index contributed by atoms with van der Waals surface area (Å²) in [5.74, 6) is 1.63. The van der Waals surface area contributed by atoms with Crippen molar-refractivity contribution in [2.75, 3.05) is 6.54 Å². The van der Waals surface area contributed by atoms with Crippen LogP contribution in [0.5, 0.6) is 0 Å². The number of nitrogens with zero attached hydrogens (tertiary/aromatic N) is 3. The van der Waals surface area contributed by atoms with E-state index in [0.717, 1.165) is 38.8 Å². The molecule has 1 saturated carbocycles. The third-order valence-corrected chi connectivity index (χ3v) is 5.92. The van der Waals surface area contributed by atoms with E-state index < -0.39 is 0 Å². The van der Waals surface area contributed by atoms with Crippen LogP contribution in [-0.2, 0) is 16.1 Å². The Morgan fingerprint density at radius 2 is 1.88 bits per heavy atom. The molecule has 2 aliphatic rings. The van der Waals surface area contributed by atoms with Gasteiger partial charge in [-0.1, -0.05) is 0 Å². The highest BCUT2D eigenvalue weighted by Crippen LogP contribution is 2.41. The molecule has 0 bridgehead atoms. The van der Waals surface area contributed by atoms with Crippen molar-refractivity contribution >= 4 is 17.5 Å². The van der Waals surface area contributed by atoms with Crippen molar-refractivity contribution in [2.45, 2.75) is 59.0 Å². The first-order valence-corrected chi connectivity index (χ1v) is 9.15. The van der Waals surface area contributed by atoms with Gasteiger partial charge in [0.2, 0.25) is 5.91 Å². The average molecular weight is 345 g/mol. The molecule has 1 amide bonds. The number of carbonyl (C=O) groups excluding carboxylic acids is 3. The summed E-state index contributed by atoms with van der Waals surface area (Å²) in [7, 11) is 0. The van der Waals surface area contributed by atoms with E-state index in [1.54, 1.807) is 25.1 Å². The van der Waals surface area contributed by atoms with Crippen molar-refractivity contribution in [3.05, 3.63) is 18.2 Å². The predicted molar refractivity (Wildman–Crippen MR) is 93.0 cm³/mol. The lowest BCUT2D eigenvalue weighted by molar-refractivity contribution is -0.142. The fourth-order valence-electron chi connectivity index (χ4n) is 4.59. The van der Waals surface area contributed by atoms with Crippen LogP contribution in [0.25, 0.3) is 0 Å². The molecule has 136 valence electrons. The molecule has 1 aliphatic carbocycles. The zero-order valence-corrected chi connectivity index (χ0v) is 15.3. The number of ketones is 2. The lowest BCUT2D eigenvalue weighted by Crippen LogP contribution is -2.53. The molecule has 0 unspecified atom stereocenters. The Morgan fingerprint density at radius 1 is 1.12 bits per heavy atom. The third kappa shape index (κ3) is 3.83. The van der Waals surface area contributed by atoms with Crippen LogP contribution in [0.2, 0.25) is 0 Å². The van der Waals surface area contributed by atoms with Crippen molar-refractivity contribution in [1.82, 2.24) is 14.5 Å². The molecule has 6 nitrogen and oxygen atoms in total. The van der Waals surface area contributed by atoms with E-state index in [2.05, 4.69) is 4.98 Å². The van der Waals surface area contributed by atoms with Gasteiger partial charge in [-0.15, -0.1) is 0 Å². The molecule has 25 heavy (non-hydrogen) atoms. The molecule has 6 heteroatoms. The summed E-state index contributed by atoms with van der Waals surface area (Å²) < 4.78 is 2.01. The van der Waals surface area contributed by atoms with E-state index >= 15 is 0 Å². The molecular formula is C19H27N3O3. The Morgan fingerprint density at radius 3 is 2.48 bits per heavy atom. The van der Waals surface area contributed by atoms with E-state index in [0.29, 0.717) is 23.4 Å². The number of likely N-dealkylation sites (tertiary alicyclic amines) is 1. The van der Waals surface area contributed by atoms with Crippen LogP contribution in [0.15, 0.2) is 12.5 Å². The van der Waals surface area contributed by atoms with Gasteiger partial charge in [-0.2, -0.15) is 0 Å². The lowest BCUT2D eigenvalue weighted by atomic mass is 9.68. The molecule has 1 saturated heterocycles. The van der Waals surface area contributed by atoms with Crippen LogP contribution in [0.3, 0.4) is 0 Å². The number of Topliss-reactive ketones (excluding diaryl/α,β-unsaturated/α-hetero) is 2. The fraction of sp³-hybridized carbons (Fsp3) is 0.684. The largest absolute Gasteiger partial charge is 0.336 e.